The van der Waals surface area contributed by atoms with Crippen LogP contribution in [0.25, 0.3) is 0 Å². The van der Waals surface area contributed by atoms with Gasteiger partial charge in [0.05, 0.1) is 27.1 Å². The summed E-state index contributed by atoms with van der Waals surface area (Å²) in [5.41, 5.74) is 2.58. The Morgan fingerprint density at radius 1 is 1.38 bits per heavy atom. The summed E-state index contributed by atoms with van der Waals surface area (Å²) in [7, 11) is 0. The van der Waals surface area contributed by atoms with Crippen LogP contribution >= 0.6 is 36.0 Å². The van der Waals surface area contributed by atoms with Crippen LogP contribution in [0.3, 0.4) is 0 Å². The van der Waals surface area contributed by atoms with Crippen molar-refractivity contribution in [3.63, 3.8) is 0 Å². The quantitative estimate of drug-likeness (QED) is 0.580. The number of hydrogen-bond donors (Lipinski definition) is 2. The second-order valence-corrected chi connectivity index (χ2v) is 5.12. The van der Waals surface area contributed by atoms with Gasteiger partial charge in [-0.2, -0.15) is 0 Å². The van der Waals surface area contributed by atoms with E-state index in [1.54, 1.807) is 4.42 Å². The van der Waals surface area contributed by atoms with E-state index < -0.39 is 0 Å². The van der Waals surface area contributed by atoms with Crippen molar-refractivity contribution in [2.75, 3.05) is 9.74 Å². The van der Waals surface area contributed by atoms with Gasteiger partial charge in [-0.05, 0) is 18.1 Å². The summed E-state index contributed by atoms with van der Waals surface area (Å²) in [6.45, 7) is 4.12. The zero-order chi connectivity index (χ0) is 11.9. The molecule has 5 heteroatoms. The molecule has 2 rings (SSSR count). The van der Waals surface area contributed by atoms with E-state index in [9.17, 15) is 0 Å². The molecule has 0 spiro atoms. The van der Waals surface area contributed by atoms with Gasteiger partial charge in [0.15, 0.2) is 0 Å². The third-order valence-corrected chi connectivity index (χ3v) is 3.43. The molecular formula is C11H12Cl2N2S. The van der Waals surface area contributed by atoms with Gasteiger partial charge in [-0.1, -0.05) is 31.5 Å². The maximum absolute atomic E-state index is 6.31. The van der Waals surface area contributed by atoms with Crippen molar-refractivity contribution in [2.24, 2.45) is 5.92 Å². The maximum atomic E-state index is 6.31. The normalized spacial score (nSPS) is 15.2. The fourth-order valence-electron chi connectivity index (χ4n) is 1.72. The highest BCUT2D eigenvalue weighted by Gasteiger charge is 2.26. The van der Waals surface area contributed by atoms with Gasteiger partial charge in [0.2, 0.25) is 0 Å². The summed E-state index contributed by atoms with van der Waals surface area (Å²) in [5.74, 6) is 0.266. The molecule has 1 heterocycles. The van der Waals surface area contributed by atoms with E-state index >= 15 is 0 Å². The molecule has 0 unspecified atom stereocenters. The number of anilines is 2. The number of halogens is 2. The van der Waals surface area contributed by atoms with Crippen LogP contribution in [-0.2, 0) is 0 Å². The first-order chi connectivity index (χ1) is 7.52. The molecule has 1 aromatic carbocycles. The van der Waals surface area contributed by atoms with Crippen molar-refractivity contribution in [1.82, 2.24) is 0 Å². The summed E-state index contributed by atoms with van der Waals surface area (Å²) in [5, 5.41) is 4.58. The highest BCUT2D eigenvalue weighted by Crippen LogP contribution is 2.44. The van der Waals surface area contributed by atoms with E-state index in [1.165, 1.54) is 0 Å². The Balaban J connectivity index is 2.55. The van der Waals surface area contributed by atoms with E-state index in [0.29, 0.717) is 5.02 Å². The molecule has 0 radical (unpaired) electrons. The number of allylic oxidation sites excluding steroid dienone is 1. The maximum Gasteiger partial charge on any atom is 0.0999 e. The smallest absolute Gasteiger partial charge is 0.0999 e. The van der Waals surface area contributed by atoms with Crippen molar-refractivity contribution < 1.29 is 0 Å². The lowest BCUT2D eigenvalue weighted by Crippen LogP contribution is -2.23. The minimum atomic E-state index is 0.266. The topological polar surface area (TPSA) is 15.3 Å². The molecule has 2 nitrogen and oxygen atoms in total. The van der Waals surface area contributed by atoms with Crippen LogP contribution in [0.1, 0.15) is 13.8 Å². The van der Waals surface area contributed by atoms with Crippen molar-refractivity contribution >= 4 is 47.4 Å². The van der Waals surface area contributed by atoms with Crippen molar-refractivity contribution in [3.05, 3.63) is 33.9 Å². The number of nitrogens with zero attached hydrogens (tertiary/aromatic N) is 1. The second-order valence-electron chi connectivity index (χ2n) is 3.93. The van der Waals surface area contributed by atoms with E-state index in [0.717, 1.165) is 22.1 Å². The average Bonchev–Trinajstić information content (AvgIpc) is 2.15. The van der Waals surface area contributed by atoms with Gasteiger partial charge in [0.25, 0.3) is 0 Å². The molecule has 1 aliphatic heterocycles. The summed E-state index contributed by atoms with van der Waals surface area (Å²) < 4.78 is 1.58. The number of nitrogens with one attached hydrogen (secondary N) is 1. The van der Waals surface area contributed by atoms with Crippen molar-refractivity contribution in [2.45, 2.75) is 13.8 Å². The zero-order valence-corrected chi connectivity index (χ0v) is 11.4. The van der Waals surface area contributed by atoms with Gasteiger partial charge >= 0.3 is 0 Å². The number of hydrogen-bond acceptors (Lipinski definition) is 3. The summed E-state index contributed by atoms with van der Waals surface area (Å²) in [6, 6.07) is 5.61. The average molecular weight is 275 g/mol. The zero-order valence-electron chi connectivity index (χ0n) is 8.96. The molecule has 0 aromatic heterocycles. The van der Waals surface area contributed by atoms with Crippen LogP contribution in [0.15, 0.2) is 28.9 Å². The Kier molecular flexibility index (Phi) is 3.29. The van der Waals surface area contributed by atoms with E-state index in [2.05, 4.69) is 31.8 Å². The number of benzene rings is 1. The fourth-order valence-corrected chi connectivity index (χ4v) is 3.02. The summed E-state index contributed by atoms with van der Waals surface area (Å²) in [6.07, 6.45) is 0. The highest BCUT2D eigenvalue weighted by atomic mass is 35.5. The molecule has 0 saturated carbocycles. The Hall–Kier alpha value is -0.510. The Bertz CT molecular complexity index is 457. The summed E-state index contributed by atoms with van der Waals surface area (Å²) >= 11 is 16.9. The lowest BCUT2D eigenvalue weighted by molar-refractivity contribution is 0.750. The van der Waals surface area contributed by atoms with Crippen LogP contribution in [-0.4, -0.2) is 0 Å². The number of rotatable bonds is 1. The number of thiol groups is 1. The minimum Gasteiger partial charge on any atom is -0.347 e. The van der Waals surface area contributed by atoms with E-state index in [1.807, 2.05) is 18.2 Å². The Labute approximate surface area is 111 Å². The van der Waals surface area contributed by atoms with Crippen molar-refractivity contribution in [3.8, 4) is 0 Å². The first-order valence-electron chi connectivity index (χ1n) is 4.97. The lowest BCUT2D eigenvalue weighted by Gasteiger charge is -2.31. The van der Waals surface area contributed by atoms with Gasteiger partial charge in [-0.25, -0.2) is 0 Å². The van der Waals surface area contributed by atoms with Crippen LogP contribution in [0, 0.1) is 5.92 Å². The predicted octanol–water partition coefficient (Wildman–Crippen LogP) is 4.48. The van der Waals surface area contributed by atoms with Crippen LogP contribution < -0.4 is 9.74 Å². The second kappa shape index (κ2) is 4.40. The SMILES string of the molecule is CC(C)C1=C(S)Nc2cccc(Cl)c2N1Cl. The van der Waals surface area contributed by atoms with Gasteiger partial charge in [-0.3, -0.25) is 4.42 Å². The van der Waals surface area contributed by atoms with Gasteiger partial charge in [0, 0.05) is 11.8 Å². The van der Waals surface area contributed by atoms with Crippen molar-refractivity contribution in [1.29, 1.82) is 0 Å². The third-order valence-electron chi connectivity index (χ3n) is 2.44. The van der Waals surface area contributed by atoms with Gasteiger partial charge in [-0.15, -0.1) is 12.6 Å². The van der Waals surface area contributed by atoms with Gasteiger partial charge < -0.3 is 5.32 Å². The molecule has 16 heavy (non-hydrogen) atoms. The minimum absolute atomic E-state index is 0.266. The molecule has 0 saturated heterocycles. The molecule has 0 fully saturated rings. The molecule has 1 aliphatic rings. The number of para-hydroxylation sites is 1. The molecule has 0 aliphatic carbocycles. The highest BCUT2D eigenvalue weighted by molar-refractivity contribution is 7.84. The monoisotopic (exact) mass is 274 g/mol. The van der Waals surface area contributed by atoms with E-state index in [-0.39, 0.29) is 5.92 Å². The van der Waals surface area contributed by atoms with Crippen LogP contribution in [0.4, 0.5) is 11.4 Å². The predicted molar refractivity (Wildman–Crippen MR) is 74.3 cm³/mol. The number of fused-ring (bicyclic) bond motifs is 1. The molecular weight excluding hydrogens is 263 g/mol. The van der Waals surface area contributed by atoms with Crippen LogP contribution in [0.5, 0.6) is 0 Å². The van der Waals surface area contributed by atoms with E-state index in [4.69, 9.17) is 23.4 Å². The molecule has 86 valence electrons. The fraction of sp³-hybridized carbons (Fsp3) is 0.273. The first-order valence-corrected chi connectivity index (χ1v) is 6.13. The molecule has 1 aromatic rings. The molecule has 0 bridgehead atoms. The first kappa shape index (κ1) is 12.0. The van der Waals surface area contributed by atoms with Crippen LogP contribution in [0.2, 0.25) is 5.02 Å². The Morgan fingerprint density at radius 2 is 2.06 bits per heavy atom. The largest absolute Gasteiger partial charge is 0.347 e. The molecule has 0 amide bonds. The van der Waals surface area contributed by atoms with Gasteiger partial charge in [0.1, 0.15) is 0 Å². The summed E-state index contributed by atoms with van der Waals surface area (Å²) in [4.78, 5) is 0. The standard InChI is InChI=1S/C11H12Cl2N2S/c1-6(2)9-11(16)14-8-5-3-4-7(12)10(8)15(9)13/h3-6,14,16H,1-2H3. The molecule has 1 N–H and O–H groups in total. The Morgan fingerprint density at radius 3 is 2.69 bits per heavy atom. The molecule has 0 atom stereocenters. The lowest BCUT2D eigenvalue weighted by atomic mass is 10.1. The third kappa shape index (κ3) is 1.88.